The van der Waals surface area contributed by atoms with Gasteiger partial charge in [-0.05, 0) is 18.6 Å². The Morgan fingerprint density at radius 3 is 2.92 bits per heavy atom. The molecule has 0 aromatic rings. The van der Waals surface area contributed by atoms with Crippen LogP contribution in [0, 0.1) is 0 Å². The summed E-state index contributed by atoms with van der Waals surface area (Å²) in [5.74, 6) is 0.749. The van der Waals surface area contributed by atoms with E-state index in [4.69, 9.17) is 12.2 Å². The van der Waals surface area contributed by atoms with Crippen LogP contribution in [0.15, 0.2) is 4.99 Å². The molecular weight excluding hydrogens is 301 g/mol. The Morgan fingerprint density at radius 2 is 2.38 bits per heavy atom. The first-order valence-corrected chi connectivity index (χ1v) is 4.26. The molecule has 0 unspecified atom stereocenters. The molecule has 0 saturated heterocycles. The highest BCUT2D eigenvalue weighted by atomic mass is 127. The molecule has 1 heterocycles. The first kappa shape index (κ1) is 12.7. The third kappa shape index (κ3) is 5.09. The van der Waals surface area contributed by atoms with Crippen molar-refractivity contribution in [2.75, 3.05) is 20.1 Å². The van der Waals surface area contributed by atoms with Gasteiger partial charge in [-0.25, -0.2) is 0 Å². The van der Waals surface area contributed by atoms with Crippen molar-refractivity contribution < 1.29 is 0 Å². The number of nitrogens with zero attached hydrogens (tertiary/aromatic N) is 1. The Bertz CT molecular complexity index is 195. The van der Waals surface area contributed by atoms with Crippen molar-refractivity contribution in [2.24, 2.45) is 4.99 Å². The van der Waals surface area contributed by atoms with Gasteiger partial charge in [0.05, 0.1) is 0 Å². The molecular formula is C6H14IN5S. The molecule has 0 aliphatic carbocycles. The highest BCUT2D eigenvalue weighted by molar-refractivity contribution is 14.0. The lowest BCUT2D eigenvalue weighted by atomic mass is 10.4. The molecule has 0 radical (unpaired) electrons. The van der Waals surface area contributed by atoms with E-state index in [-0.39, 0.29) is 24.0 Å². The monoisotopic (exact) mass is 315 g/mol. The van der Waals surface area contributed by atoms with Gasteiger partial charge in [-0.15, -0.1) is 24.0 Å². The first-order chi connectivity index (χ1) is 5.83. The summed E-state index contributed by atoms with van der Waals surface area (Å²) in [6.45, 7) is 1.82. The van der Waals surface area contributed by atoms with Gasteiger partial charge in [0.25, 0.3) is 0 Å². The molecule has 1 rings (SSSR count). The van der Waals surface area contributed by atoms with Crippen LogP contribution in [0.4, 0.5) is 0 Å². The molecule has 7 heteroatoms. The summed E-state index contributed by atoms with van der Waals surface area (Å²) in [5, 5.41) is 6.41. The number of thiocarbonyl (C=S) groups is 1. The lowest BCUT2D eigenvalue weighted by molar-refractivity contribution is 0.689. The smallest absolute Gasteiger partial charge is 0.210 e. The van der Waals surface area contributed by atoms with Crippen molar-refractivity contribution >= 4 is 47.3 Å². The molecule has 0 bridgehead atoms. The van der Waals surface area contributed by atoms with E-state index in [9.17, 15) is 0 Å². The second-order valence-corrected chi connectivity index (χ2v) is 2.75. The average molecular weight is 315 g/mol. The van der Waals surface area contributed by atoms with Crippen LogP contribution in [0.5, 0.6) is 0 Å². The minimum absolute atomic E-state index is 0. The normalized spacial score (nSPS) is 14.4. The number of halogens is 1. The van der Waals surface area contributed by atoms with Crippen molar-refractivity contribution in [2.45, 2.75) is 6.42 Å². The van der Waals surface area contributed by atoms with Gasteiger partial charge >= 0.3 is 0 Å². The molecule has 0 fully saturated rings. The van der Waals surface area contributed by atoms with Crippen LogP contribution in [0.2, 0.25) is 0 Å². The number of hydrazine groups is 1. The summed E-state index contributed by atoms with van der Waals surface area (Å²) in [6.07, 6.45) is 1.08. The van der Waals surface area contributed by atoms with Crippen molar-refractivity contribution in [3.8, 4) is 0 Å². The maximum absolute atomic E-state index is 4.86. The van der Waals surface area contributed by atoms with Crippen LogP contribution >= 0.6 is 36.2 Å². The Kier molecular flexibility index (Phi) is 6.96. The van der Waals surface area contributed by atoms with Gasteiger partial charge in [-0.1, -0.05) is 0 Å². The minimum Gasteiger partial charge on any atom is -0.364 e. The molecule has 13 heavy (non-hydrogen) atoms. The average Bonchev–Trinajstić information content (AvgIpc) is 2.16. The number of hydrogen-bond donors (Lipinski definition) is 4. The van der Waals surface area contributed by atoms with E-state index in [1.54, 1.807) is 7.05 Å². The fraction of sp³-hybridized carbons (Fsp3) is 0.667. The highest BCUT2D eigenvalue weighted by Crippen LogP contribution is 1.85. The third-order valence-corrected chi connectivity index (χ3v) is 1.72. The van der Waals surface area contributed by atoms with Crippen LogP contribution in [0.3, 0.4) is 0 Å². The summed E-state index contributed by atoms with van der Waals surface area (Å²) in [4.78, 5) is 4.18. The molecule has 76 valence electrons. The van der Waals surface area contributed by atoms with Crippen LogP contribution in [-0.2, 0) is 0 Å². The quantitative estimate of drug-likeness (QED) is 0.277. The van der Waals surface area contributed by atoms with E-state index in [0.717, 1.165) is 25.5 Å². The highest BCUT2D eigenvalue weighted by Gasteiger charge is 2.01. The van der Waals surface area contributed by atoms with Crippen LogP contribution < -0.4 is 21.5 Å². The van der Waals surface area contributed by atoms with Gasteiger partial charge in [-0.2, -0.15) is 0 Å². The Hall–Kier alpha value is -0.310. The third-order valence-electron chi connectivity index (χ3n) is 1.42. The predicted octanol–water partition coefficient (Wildman–Crippen LogP) is -0.448. The van der Waals surface area contributed by atoms with E-state index >= 15 is 0 Å². The molecule has 1 aliphatic heterocycles. The fourth-order valence-corrected chi connectivity index (χ4v) is 0.846. The number of nitrogens with one attached hydrogen (secondary N) is 4. The van der Waals surface area contributed by atoms with Gasteiger partial charge in [0.15, 0.2) is 5.11 Å². The first-order valence-electron chi connectivity index (χ1n) is 3.85. The summed E-state index contributed by atoms with van der Waals surface area (Å²) >= 11 is 4.86. The van der Waals surface area contributed by atoms with Crippen molar-refractivity contribution in [3.05, 3.63) is 0 Å². The zero-order chi connectivity index (χ0) is 8.81. The van der Waals surface area contributed by atoms with Crippen molar-refractivity contribution in [3.63, 3.8) is 0 Å². The van der Waals surface area contributed by atoms with Gasteiger partial charge in [0, 0.05) is 20.1 Å². The van der Waals surface area contributed by atoms with E-state index < -0.39 is 0 Å². The summed E-state index contributed by atoms with van der Waals surface area (Å²) in [7, 11) is 1.76. The van der Waals surface area contributed by atoms with E-state index in [0.29, 0.717) is 5.11 Å². The number of hydrogen-bond acceptors (Lipinski definition) is 4. The standard InChI is InChI=1S/C6H13N5S.HI/c1-7-6(12)11-10-5-8-3-2-4-9-5;/h2-4H2,1H3,(H2,7,11,12)(H2,8,9,10);1H. The molecule has 4 N–H and O–H groups in total. The van der Waals surface area contributed by atoms with Crippen molar-refractivity contribution in [1.29, 1.82) is 0 Å². The van der Waals surface area contributed by atoms with Gasteiger partial charge in [-0.3, -0.25) is 15.8 Å². The zero-order valence-corrected chi connectivity index (χ0v) is 10.5. The molecule has 0 saturated carbocycles. The minimum atomic E-state index is 0. The van der Waals surface area contributed by atoms with E-state index in [1.165, 1.54) is 0 Å². The Balaban J connectivity index is 0.00000144. The maximum Gasteiger partial charge on any atom is 0.210 e. The second-order valence-electron chi connectivity index (χ2n) is 2.34. The maximum atomic E-state index is 4.86. The molecule has 0 aromatic heterocycles. The zero-order valence-electron chi connectivity index (χ0n) is 7.39. The Labute approximate surface area is 100 Å². The largest absolute Gasteiger partial charge is 0.364 e. The molecule has 1 aliphatic rings. The van der Waals surface area contributed by atoms with E-state index in [1.807, 2.05) is 0 Å². The second kappa shape index (κ2) is 7.13. The topological polar surface area (TPSA) is 60.5 Å². The van der Waals surface area contributed by atoms with E-state index in [2.05, 4.69) is 26.5 Å². The van der Waals surface area contributed by atoms with Crippen LogP contribution in [-0.4, -0.2) is 31.2 Å². The van der Waals surface area contributed by atoms with Crippen LogP contribution in [0.1, 0.15) is 6.42 Å². The predicted molar refractivity (Wildman–Crippen MR) is 68.3 cm³/mol. The lowest BCUT2D eigenvalue weighted by Gasteiger charge is -2.16. The van der Waals surface area contributed by atoms with Gasteiger partial charge in [0.2, 0.25) is 5.96 Å². The lowest BCUT2D eigenvalue weighted by Crippen LogP contribution is -2.51. The molecule has 0 atom stereocenters. The van der Waals surface area contributed by atoms with Gasteiger partial charge < -0.3 is 10.6 Å². The van der Waals surface area contributed by atoms with Crippen molar-refractivity contribution in [1.82, 2.24) is 21.5 Å². The molecule has 5 nitrogen and oxygen atoms in total. The Morgan fingerprint density at radius 1 is 1.62 bits per heavy atom. The summed E-state index contributed by atoms with van der Waals surface area (Å²) in [5.41, 5.74) is 5.64. The fourth-order valence-electron chi connectivity index (χ4n) is 0.795. The summed E-state index contributed by atoms with van der Waals surface area (Å²) in [6, 6.07) is 0. The molecule has 0 amide bonds. The number of aliphatic imine (C=N–C) groups is 1. The molecule has 0 spiro atoms. The van der Waals surface area contributed by atoms with Crippen LogP contribution in [0.25, 0.3) is 0 Å². The van der Waals surface area contributed by atoms with Gasteiger partial charge in [0.1, 0.15) is 0 Å². The number of rotatable bonds is 0. The SMILES string of the molecule is CNC(=S)NNC1=NCCCN1.I. The summed E-state index contributed by atoms with van der Waals surface area (Å²) < 4.78 is 0. The molecule has 0 aromatic carbocycles. The number of guanidine groups is 1.